The molecule has 92 valence electrons. The fourth-order valence-electron chi connectivity index (χ4n) is 1.54. The van der Waals surface area contributed by atoms with Gasteiger partial charge in [0.1, 0.15) is 18.1 Å². The largest absolute Gasteiger partial charge is 0.486 e. The van der Waals surface area contributed by atoms with E-state index in [4.69, 9.17) is 14.6 Å². The van der Waals surface area contributed by atoms with Gasteiger partial charge in [-0.3, -0.25) is 4.79 Å². The quantitative estimate of drug-likeness (QED) is 0.769. The van der Waals surface area contributed by atoms with Crippen LogP contribution in [0.1, 0.15) is 17.3 Å². The Morgan fingerprint density at radius 1 is 1.29 bits per heavy atom. The van der Waals surface area contributed by atoms with E-state index < -0.39 is 10.0 Å². The molecule has 6 nitrogen and oxygen atoms in total. The topological polar surface area (TPSA) is 95.7 Å². The minimum atomic E-state index is -3.96. The molecule has 2 N–H and O–H groups in total. The van der Waals surface area contributed by atoms with Gasteiger partial charge in [-0.15, -0.1) is 0 Å². The standard InChI is InChI=1S/C10H11NO5S/c1-6(12)7-4-8-10(16-3-2-15-8)9(5-7)17(11,13)14/h4-5H,2-3H2,1H3,(H2,11,13,14). The second kappa shape index (κ2) is 4.01. The number of fused-ring (bicyclic) bond motifs is 1. The van der Waals surface area contributed by atoms with E-state index >= 15 is 0 Å². The highest BCUT2D eigenvalue weighted by atomic mass is 32.2. The van der Waals surface area contributed by atoms with Crippen molar-refractivity contribution in [2.45, 2.75) is 11.8 Å². The van der Waals surface area contributed by atoms with E-state index in [0.717, 1.165) is 0 Å². The minimum Gasteiger partial charge on any atom is -0.486 e. The maximum Gasteiger partial charge on any atom is 0.241 e. The third kappa shape index (κ3) is 2.25. The molecule has 17 heavy (non-hydrogen) atoms. The molecule has 7 heteroatoms. The first-order valence-corrected chi connectivity index (χ1v) is 6.41. The smallest absolute Gasteiger partial charge is 0.241 e. The van der Waals surface area contributed by atoms with Crippen molar-refractivity contribution in [1.29, 1.82) is 0 Å². The Hall–Kier alpha value is -1.60. The van der Waals surface area contributed by atoms with Crippen molar-refractivity contribution < 1.29 is 22.7 Å². The van der Waals surface area contributed by atoms with Crippen LogP contribution in [0.4, 0.5) is 0 Å². The molecule has 1 heterocycles. The Morgan fingerprint density at radius 3 is 2.53 bits per heavy atom. The van der Waals surface area contributed by atoms with E-state index in [2.05, 4.69) is 0 Å². The van der Waals surface area contributed by atoms with Crippen LogP contribution in [-0.2, 0) is 10.0 Å². The second-order valence-electron chi connectivity index (χ2n) is 3.60. The van der Waals surface area contributed by atoms with Crippen LogP contribution in [0.3, 0.4) is 0 Å². The molecule has 0 atom stereocenters. The van der Waals surface area contributed by atoms with E-state index in [1.165, 1.54) is 19.1 Å². The summed E-state index contributed by atoms with van der Waals surface area (Å²) in [6, 6.07) is 2.65. The van der Waals surface area contributed by atoms with E-state index in [1.54, 1.807) is 0 Å². The van der Waals surface area contributed by atoms with Gasteiger partial charge in [0.05, 0.1) is 0 Å². The lowest BCUT2D eigenvalue weighted by Crippen LogP contribution is -2.21. The summed E-state index contributed by atoms with van der Waals surface area (Å²) in [7, 11) is -3.96. The van der Waals surface area contributed by atoms with Crippen molar-refractivity contribution in [1.82, 2.24) is 0 Å². The number of ketones is 1. The maximum atomic E-state index is 11.4. The molecule has 0 radical (unpaired) electrons. The van der Waals surface area contributed by atoms with E-state index in [0.29, 0.717) is 6.61 Å². The zero-order valence-corrected chi connectivity index (χ0v) is 9.91. The predicted octanol–water partition coefficient (Wildman–Crippen LogP) is 0.308. The first-order chi connectivity index (χ1) is 7.89. The summed E-state index contributed by atoms with van der Waals surface area (Å²) in [6.45, 7) is 1.88. The van der Waals surface area contributed by atoms with Gasteiger partial charge in [0, 0.05) is 5.56 Å². The highest BCUT2D eigenvalue weighted by Crippen LogP contribution is 2.37. The van der Waals surface area contributed by atoms with Gasteiger partial charge in [0.15, 0.2) is 17.3 Å². The Morgan fingerprint density at radius 2 is 1.94 bits per heavy atom. The average molecular weight is 257 g/mol. The molecule has 0 amide bonds. The number of carbonyl (C=O) groups excluding carboxylic acids is 1. The van der Waals surface area contributed by atoms with Gasteiger partial charge in [-0.1, -0.05) is 0 Å². The van der Waals surface area contributed by atoms with Gasteiger partial charge in [0.2, 0.25) is 10.0 Å². The monoisotopic (exact) mass is 257 g/mol. The van der Waals surface area contributed by atoms with Crippen LogP contribution in [0.15, 0.2) is 17.0 Å². The molecule has 1 aliphatic rings. The number of nitrogens with two attached hydrogens (primary N) is 1. The molecule has 0 aliphatic carbocycles. The molecule has 0 unspecified atom stereocenters. The summed E-state index contributed by atoms with van der Waals surface area (Å²) in [6.07, 6.45) is 0. The number of hydrogen-bond donors (Lipinski definition) is 1. The summed E-state index contributed by atoms with van der Waals surface area (Å²) in [5, 5.41) is 5.08. The van der Waals surface area contributed by atoms with Crippen LogP contribution < -0.4 is 14.6 Å². The minimum absolute atomic E-state index is 0.0729. The van der Waals surface area contributed by atoms with Crippen molar-refractivity contribution in [3.8, 4) is 11.5 Å². The molecule has 0 saturated heterocycles. The average Bonchev–Trinajstić information content (AvgIpc) is 2.26. The van der Waals surface area contributed by atoms with Gasteiger partial charge in [-0.2, -0.15) is 0 Å². The molecule has 2 rings (SSSR count). The number of rotatable bonds is 2. The molecule has 0 saturated carbocycles. The summed E-state index contributed by atoms with van der Waals surface area (Å²) in [5.41, 5.74) is 0.221. The highest BCUT2D eigenvalue weighted by Gasteiger charge is 2.24. The number of benzene rings is 1. The number of Topliss-reactive ketones (excluding diaryl/α,β-unsaturated/α-hetero) is 1. The summed E-state index contributed by atoms with van der Waals surface area (Å²) in [4.78, 5) is 11.1. The second-order valence-corrected chi connectivity index (χ2v) is 5.13. The Bertz CT molecular complexity index is 579. The molecule has 1 aliphatic heterocycles. The molecular weight excluding hydrogens is 246 g/mol. The van der Waals surface area contributed by atoms with Gasteiger partial charge in [-0.05, 0) is 19.1 Å². The van der Waals surface area contributed by atoms with Crippen molar-refractivity contribution in [2.24, 2.45) is 5.14 Å². The van der Waals surface area contributed by atoms with Crippen molar-refractivity contribution >= 4 is 15.8 Å². The van der Waals surface area contributed by atoms with Gasteiger partial charge in [0.25, 0.3) is 0 Å². The van der Waals surface area contributed by atoms with Crippen LogP contribution in [0, 0.1) is 0 Å². The molecule has 0 aromatic heterocycles. The summed E-state index contributed by atoms with van der Waals surface area (Å²) in [5.74, 6) is 0.0311. The lowest BCUT2D eigenvalue weighted by atomic mass is 10.1. The SMILES string of the molecule is CC(=O)c1cc2c(c(S(N)(=O)=O)c1)OCCO2. The van der Waals surface area contributed by atoms with E-state index in [1.807, 2.05) is 0 Å². The van der Waals surface area contributed by atoms with E-state index in [9.17, 15) is 13.2 Å². The lowest BCUT2D eigenvalue weighted by Gasteiger charge is -2.21. The fourth-order valence-corrected chi connectivity index (χ4v) is 2.25. The van der Waals surface area contributed by atoms with Crippen LogP contribution in [0.5, 0.6) is 11.5 Å². The van der Waals surface area contributed by atoms with Crippen molar-refractivity contribution in [3.63, 3.8) is 0 Å². The van der Waals surface area contributed by atoms with Crippen molar-refractivity contribution in [2.75, 3.05) is 13.2 Å². The third-order valence-corrected chi connectivity index (χ3v) is 3.24. The van der Waals surface area contributed by atoms with Crippen LogP contribution in [0.25, 0.3) is 0 Å². The van der Waals surface area contributed by atoms with Crippen LogP contribution >= 0.6 is 0 Å². The number of primary sulfonamides is 1. The van der Waals surface area contributed by atoms with Gasteiger partial charge >= 0.3 is 0 Å². The molecule has 0 bridgehead atoms. The fraction of sp³-hybridized carbons (Fsp3) is 0.300. The Labute approximate surface area is 98.4 Å². The first-order valence-electron chi connectivity index (χ1n) is 4.87. The summed E-state index contributed by atoms with van der Waals surface area (Å²) >= 11 is 0. The molecular formula is C10H11NO5S. The number of hydrogen-bond acceptors (Lipinski definition) is 5. The Balaban J connectivity index is 2.71. The number of ether oxygens (including phenoxy) is 2. The third-order valence-electron chi connectivity index (χ3n) is 2.32. The zero-order chi connectivity index (χ0) is 12.6. The first kappa shape index (κ1) is 11.9. The van der Waals surface area contributed by atoms with Gasteiger partial charge < -0.3 is 9.47 Å². The molecule has 1 aromatic carbocycles. The zero-order valence-electron chi connectivity index (χ0n) is 9.10. The van der Waals surface area contributed by atoms with Crippen LogP contribution in [-0.4, -0.2) is 27.4 Å². The van der Waals surface area contributed by atoms with Gasteiger partial charge in [-0.25, -0.2) is 13.6 Å². The Kier molecular flexibility index (Phi) is 2.80. The number of sulfonamides is 1. The molecule has 1 aromatic rings. The molecule has 0 fully saturated rings. The van der Waals surface area contributed by atoms with Crippen molar-refractivity contribution in [3.05, 3.63) is 17.7 Å². The molecule has 0 spiro atoms. The maximum absolute atomic E-state index is 11.4. The predicted molar refractivity (Wildman–Crippen MR) is 58.8 cm³/mol. The van der Waals surface area contributed by atoms with Crippen LogP contribution in [0.2, 0.25) is 0 Å². The number of carbonyl (C=O) groups is 1. The van der Waals surface area contributed by atoms with E-state index in [-0.39, 0.29) is 34.3 Å². The summed E-state index contributed by atoms with van der Waals surface area (Å²) < 4.78 is 33.3. The lowest BCUT2D eigenvalue weighted by molar-refractivity contribution is 0.101. The normalized spacial score (nSPS) is 14.5. The highest BCUT2D eigenvalue weighted by molar-refractivity contribution is 7.89.